The van der Waals surface area contributed by atoms with Crippen molar-refractivity contribution in [2.75, 3.05) is 0 Å². The molecule has 0 bridgehead atoms. The molecule has 0 spiro atoms. The maximum atomic E-state index is 13.3. The summed E-state index contributed by atoms with van der Waals surface area (Å²) in [6.45, 7) is 1.86. The van der Waals surface area contributed by atoms with E-state index < -0.39 is 6.04 Å². The molecule has 5 rings (SSSR count). The fraction of sp³-hybridized carbons (Fsp3) is 0.292. The number of nitrogens with zero attached hydrogens (tertiary/aromatic N) is 3. The summed E-state index contributed by atoms with van der Waals surface area (Å²) in [5.74, 6) is -0.0850. The Balaban J connectivity index is 1.58. The van der Waals surface area contributed by atoms with Crippen molar-refractivity contribution in [3.63, 3.8) is 0 Å². The third-order valence-corrected chi connectivity index (χ3v) is 6.26. The lowest BCUT2D eigenvalue weighted by atomic mass is 9.87. The summed E-state index contributed by atoms with van der Waals surface area (Å²) in [5.41, 5.74) is 3.68. The van der Waals surface area contributed by atoms with Crippen molar-refractivity contribution in [2.45, 2.75) is 38.3 Å². The van der Waals surface area contributed by atoms with Crippen LogP contribution >= 0.6 is 0 Å². The Morgan fingerprint density at radius 3 is 2.77 bits per heavy atom. The van der Waals surface area contributed by atoms with Gasteiger partial charge < -0.3 is 9.88 Å². The molecule has 1 aliphatic carbocycles. The summed E-state index contributed by atoms with van der Waals surface area (Å²) in [6, 6.07) is 15.6. The zero-order chi connectivity index (χ0) is 20.8. The summed E-state index contributed by atoms with van der Waals surface area (Å²) < 4.78 is 3.18. The lowest BCUT2D eigenvalue weighted by Crippen LogP contribution is -2.36. The zero-order valence-electron chi connectivity index (χ0n) is 17.1. The van der Waals surface area contributed by atoms with Crippen LogP contribution < -0.4 is 10.9 Å². The minimum Gasteiger partial charge on any atom is -0.347 e. The second kappa shape index (κ2) is 7.13. The van der Waals surface area contributed by atoms with Crippen LogP contribution in [0, 0.1) is 0 Å². The van der Waals surface area contributed by atoms with Gasteiger partial charge in [-0.15, -0.1) is 0 Å². The quantitative estimate of drug-likeness (QED) is 0.571. The molecule has 2 heterocycles. The Labute approximate surface area is 174 Å². The molecule has 152 valence electrons. The van der Waals surface area contributed by atoms with E-state index in [4.69, 9.17) is 0 Å². The van der Waals surface area contributed by atoms with Gasteiger partial charge in [0.15, 0.2) is 0 Å². The van der Waals surface area contributed by atoms with E-state index in [-0.39, 0.29) is 17.5 Å². The number of benzene rings is 2. The third kappa shape index (κ3) is 2.83. The predicted octanol–water partition coefficient (Wildman–Crippen LogP) is 3.64. The first-order valence-electron chi connectivity index (χ1n) is 10.4. The lowest BCUT2D eigenvalue weighted by molar-refractivity contribution is -0.124. The molecule has 4 aromatic rings. The third-order valence-electron chi connectivity index (χ3n) is 6.26. The number of amides is 1. The van der Waals surface area contributed by atoms with Crippen molar-refractivity contribution < 1.29 is 4.79 Å². The van der Waals surface area contributed by atoms with Gasteiger partial charge in [-0.2, -0.15) is 5.10 Å². The van der Waals surface area contributed by atoms with E-state index in [0.717, 1.165) is 35.6 Å². The molecule has 30 heavy (non-hydrogen) atoms. The van der Waals surface area contributed by atoms with Crippen molar-refractivity contribution in [1.29, 1.82) is 0 Å². The summed E-state index contributed by atoms with van der Waals surface area (Å²) in [4.78, 5) is 26.3. The Hall–Kier alpha value is -3.41. The van der Waals surface area contributed by atoms with Crippen LogP contribution in [0.2, 0.25) is 0 Å². The standard InChI is InChI=1S/C24H24N4O2/c1-15(23(29)26-20-12-7-9-16-8-3-4-10-17(16)20)28-21-13-6-5-11-18(21)19-14-25-27(2)24(30)22(19)28/h3-6,8,10-11,13-15,20H,7,9,12H2,1-2H3,(H,26,29)/t15-,20-/m0/s1. The topological polar surface area (TPSA) is 68.9 Å². The van der Waals surface area contributed by atoms with E-state index in [9.17, 15) is 9.59 Å². The molecule has 0 aliphatic heterocycles. The lowest BCUT2D eigenvalue weighted by Gasteiger charge is -2.28. The molecule has 0 unspecified atom stereocenters. The first-order chi connectivity index (χ1) is 14.6. The van der Waals surface area contributed by atoms with Crippen LogP contribution in [0.25, 0.3) is 21.8 Å². The summed E-state index contributed by atoms with van der Waals surface area (Å²) in [5, 5.41) is 9.13. The first kappa shape index (κ1) is 18.6. The Morgan fingerprint density at radius 1 is 1.13 bits per heavy atom. The predicted molar refractivity (Wildman–Crippen MR) is 117 cm³/mol. The molecular weight excluding hydrogens is 376 g/mol. The Morgan fingerprint density at radius 2 is 1.90 bits per heavy atom. The van der Waals surface area contributed by atoms with Gasteiger partial charge in [0.1, 0.15) is 11.6 Å². The minimum absolute atomic E-state index is 0.00231. The number of aromatic nitrogens is 3. The second-order valence-corrected chi connectivity index (χ2v) is 8.05. The van der Waals surface area contributed by atoms with Gasteiger partial charge in [0.2, 0.25) is 5.91 Å². The number of hydrogen-bond donors (Lipinski definition) is 1. The van der Waals surface area contributed by atoms with Gasteiger partial charge in [0, 0.05) is 17.8 Å². The average molecular weight is 400 g/mol. The largest absolute Gasteiger partial charge is 0.347 e. The molecular formula is C24H24N4O2. The number of carbonyl (C=O) groups excluding carboxylic acids is 1. The maximum absolute atomic E-state index is 13.3. The number of para-hydroxylation sites is 1. The Bertz CT molecular complexity index is 1330. The van der Waals surface area contributed by atoms with Gasteiger partial charge in [-0.3, -0.25) is 9.59 Å². The molecule has 2 aromatic heterocycles. The SMILES string of the molecule is C[C@@H](C(=O)N[C@H]1CCCc2ccccc21)n1c2ccccc2c2cnn(C)c(=O)c21. The first-order valence-corrected chi connectivity index (χ1v) is 10.4. The highest BCUT2D eigenvalue weighted by Crippen LogP contribution is 2.32. The van der Waals surface area contributed by atoms with E-state index >= 15 is 0 Å². The molecule has 6 heteroatoms. The van der Waals surface area contributed by atoms with Gasteiger partial charge in [0.25, 0.3) is 5.56 Å². The number of nitrogens with one attached hydrogen (secondary N) is 1. The van der Waals surface area contributed by atoms with Crippen LogP contribution in [0.15, 0.2) is 59.5 Å². The monoisotopic (exact) mass is 400 g/mol. The summed E-state index contributed by atoms with van der Waals surface area (Å²) in [6.07, 6.45) is 4.73. The highest BCUT2D eigenvalue weighted by atomic mass is 16.2. The molecule has 0 fully saturated rings. The smallest absolute Gasteiger partial charge is 0.291 e. The van der Waals surface area contributed by atoms with Gasteiger partial charge in [-0.1, -0.05) is 42.5 Å². The van der Waals surface area contributed by atoms with Gasteiger partial charge >= 0.3 is 0 Å². The molecule has 6 nitrogen and oxygen atoms in total. The van der Waals surface area contributed by atoms with E-state index in [1.165, 1.54) is 15.8 Å². The minimum atomic E-state index is -0.531. The van der Waals surface area contributed by atoms with Crippen LogP contribution in [0.3, 0.4) is 0 Å². The molecule has 1 amide bonds. The van der Waals surface area contributed by atoms with Crippen LogP contribution in [-0.4, -0.2) is 20.3 Å². The molecule has 2 aromatic carbocycles. The van der Waals surface area contributed by atoms with E-state index in [0.29, 0.717) is 5.52 Å². The van der Waals surface area contributed by atoms with Crippen molar-refractivity contribution in [1.82, 2.24) is 19.7 Å². The molecule has 1 N–H and O–H groups in total. The zero-order valence-corrected chi connectivity index (χ0v) is 17.1. The normalized spacial score (nSPS) is 17.1. The number of aryl methyl sites for hydroxylation is 2. The van der Waals surface area contributed by atoms with E-state index in [1.807, 2.05) is 47.9 Å². The van der Waals surface area contributed by atoms with Crippen molar-refractivity contribution >= 4 is 27.7 Å². The Kier molecular flexibility index (Phi) is 4.42. The number of carbonyl (C=O) groups is 1. The van der Waals surface area contributed by atoms with Crippen molar-refractivity contribution in [3.8, 4) is 0 Å². The van der Waals surface area contributed by atoms with E-state index in [2.05, 4.69) is 22.5 Å². The number of hydrogen-bond acceptors (Lipinski definition) is 3. The molecule has 2 atom stereocenters. The van der Waals surface area contributed by atoms with Crippen molar-refractivity contribution in [3.05, 3.63) is 76.2 Å². The summed E-state index contributed by atoms with van der Waals surface area (Å²) in [7, 11) is 1.63. The molecule has 0 saturated carbocycles. The van der Waals surface area contributed by atoms with Crippen LogP contribution in [0.5, 0.6) is 0 Å². The van der Waals surface area contributed by atoms with Crippen LogP contribution in [-0.2, 0) is 18.3 Å². The highest BCUT2D eigenvalue weighted by Gasteiger charge is 2.27. The van der Waals surface area contributed by atoms with Crippen LogP contribution in [0.1, 0.15) is 43.0 Å². The molecule has 0 radical (unpaired) electrons. The molecule has 1 aliphatic rings. The van der Waals surface area contributed by atoms with Gasteiger partial charge in [-0.05, 0) is 43.4 Å². The van der Waals surface area contributed by atoms with Crippen LogP contribution in [0.4, 0.5) is 0 Å². The fourth-order valence-corrected chi connectivity index (χ4v) is 4.70. The number of rotatable bonds is 3. The van der Waals surface area contributed by atoms with E-state index in [1.54, 1.807) is 13.2 Å². The maximum Gasteiger partial charge on any atom is 0.291 e. The fourth-order valence-electron chi connectivity index (χ4n) is 4.70. The molecule has 0 saturated heterocycles. The second-order valence-electron chi connectivity index (χ2n) is 8.05. The summed E-state index contributed by atoms with van der Waals surface area (Å²) >= 11 is 0. The highest BCUT2D eigenvalue weighted by molar-refractivity contribution is 6.08. The average Bonchev–Trinajstić information content (AvgIpc) is 3.11. The van der Waals surface area contributed by atoms with Gasteiger partial charge in [0.05, 0.1) is 17.8 Å². The van der Waals surface area contributed by atoms with Crippen molar-refractivity contribution in [2.24, 2.45) is 7.05 Å². The number of fused-ring (bicyclic) bond motifs is 4. The van der Waals surface area contributed by atoms with Gasteiger partial charge in [-0.25, -0.2) is 4.68 Å².